The van der Waals surface area contributed by atoms with Gasteiger partial charge in [0.25, 0.3) is 0 Å². The van der Waals surface area contributed by atoms with Crippen LogP contribution in [0.5, 0.6) is 0 Å². The van der Waals surface area contributed by atoms with Gasteiger partial charge in [-0.25, -0.2) is 14.4 Å². The first-order valence-electron chi connectivity index (χ1n) is 5.24. The first kappa shape index (κ1) is 12.9. The summed E-state index contributed by atoms with van der Waals surface area (Å²) in [7, 11) is 0. The van der Waals surface area contributed by atoms with Gasteiger partial charge in [0, 0.05) is 0 Å². The number of halogens is 2. The summed E-state index contributed by atoms with van der Waals surface area (Å²) in [5.74, 6) is -0.431. The Balaban J connectivity index is 2.26. The van der Waals surface area contributed by atoms with Crippen LogP contribution in [0.4, 0.5) is 4.39 Å². The Hall–Kier alpha value is -1.56. The van der Waals surface area contributed by atoms with Crippen LogP contribution in [0.15, 0.2) is 36.7 Å². The van der Waals surface area contributed by atoms with Gasteiger partial charge in [-0.2, -0.15) is 0 Å². The highest BCUT2D eigenvalue weighted by Gasteiger charge is 2.20. The molecule has 6 heteroatoms. The van der Waals surface area contributed by atoms with Crippen LogP contribution < -0.4 is 5.73 Å². The zero-order chi connectivity index (χ0) is 13.1. The quantitative estimate of drug-likeness (QED) is 0.835. The van der Waals surface area contributed by atoms with Crippen molar-refractivity contribution in [2.75, 3.05) is 0 Å². The summed E-state index contributed by atoms with van der Waals surface area (Å²) < 4.78 is 13.1. The summed E-state index contributed by atoms with van der Waals surface area (Å²) in [5, 5.41) is 10.3. The second-order valence-electron chi connectivity index (χ2n) is 3.79. The van der Waals surface area contributed by atoms with E-state index in [0.29, 0.717) is 11.3 Å². The number of nitrogens with zero attached hydrogens (tertiary/aromatic N) is 2. The molecule has 0 spiro atoms. The van der Waals surface area contributed by atoms with Gasteiger partial charge in [0.1, 0.15) is 17.3 Å². The number of aromatic nitrogens is 2. The Morgan fingerprint density at radius 2 is 2.06 bits per heavy atom. The van der Waals surface area contributed by atoms with Crippen molar-refractivity contribution < 1.29 is 9.50 Å². The van der Waals surface area contributed by atoms with Gasteiger partial charge in [-0.05, 0) is 23.8 Å². The van der Waals surface area contributed by atoms with Crippen molar-refractivity contribution in [3.63, 3.8) is 0 Å². The monoisotopic (exact) mass is 267 g/mol. The van der Waals surface area contributed by atoms with Crippen LogP contribution in [0.1, 0.15) is 23.4 Å². The van der Waals surface area contributed by atoms with E-state index in [2.05, 4.69) is 9.97 Å². The molecule has 94 valence electrons. The lowest BCUT2D eigenvalue weighted by Gasteiger charge is -2.18. The van der Waals surface area contributed by atoms with Crippen molar-refractivity contribution in [1.82, 2.24) is 9.97 Å². The molecule has 0 radical (unpaired) electrons. The molecule has 3 N–H and O–H groups in total. The Morgan fingerprint density at radius 1 is 1.28 bits per heavy atom. The van der Waals surface area contributed by atoms with Gasteiger partial charge in [0.2, 0.25) is 0 Å². The van der Waals surface area contributed by atoms with Gasteiger partial charge in [-0.15, -0.1) is 0 Å². The third kappa shape index (κ3) is 2.81. The van der Waals surface area contributed by atoms with Crippen LogP contribution in [0.3, 0.4) is 0 Å². The van der Waals surface area contributed by atoms with Gasteiger partial charge in [0.15, 0.2) is 0 Å². The average Bonchev–Trinajstić information content (AvgIpc) is 2.37. The lowest BCUT2D eigenvalue weighted by molar-refractivity contribution is 0.145. The van der Waals surface area contributed by atoms with E-state index < -0.39 is 18.0 Å². The van der Waals surface area contributed by atoms with E-state index in [0.717, 1.165) is 0 Å². The number of hydrogen-bond donors (Lipinski definition) is 2. The molecule has 0 bridgehead atoms. The molecular formula is C12H11ClFN3O. The second kappa shape index (κ2) is 5.39. The summed E-state index contributed by atoms with van der Waals surface area (Å²) in [6.07, 6.45) is 0.196. The smallest absolute Gasteiger partial charge is 0.132 e. The molecule has 1 heterocycles. The van der Waals surface area contributed by atoms with Gasteiger partial charge < -0.3 is 10.8 Å². The fraction of sp³-hybridized carbons (Fsp3) is 0.167. The van der Waals surface area contributed by atoms with Gasteiger partial charge in [0.05, 0.1) is 17.8 Å². The Labute approximate surface area is 108 Å². The minimum absolute atomic E-state index is 0.238. The zero-order valence-electron chi connectivity index (χ0n) is 9.29. The normalized spacial score (nSPS) is 14.2. The van der Waals surface area contributed by atoms with Crippen molar-refractivity contribution in [1.29, 1.82) is 0 Å². The van der Waals surface area contributed by atoms with Crippen molar-refractivity contribution >= 4 is 11.6 Å². The largest absolute Gasteiger partial charge is 0.386 e. The molecule has 2 atom stereocenters. The van der Waals surface area contributed by atoms with Crippen LogP contribution in [-0.2, 0) is 0 Å². The number of nitrogens with two attached hydrogens (primary N) is 1. The summed E-state index contributed by atoms with van der Waals surface area (Å²) in [6, 6.07) is 6.29. The van der Waals surface area contributed by atoms with Crippen LogP contribution in [-0.4, -0.2) is 15.1 Å². The molecule has 0 saturated carbocycles. The van der Waals surface area contributed by atoms with E-state index in [1.165, 1.54) is 30.6 Å². The number of aliphatic hydroxyl groups is 1. The third-order valence-electron chi connectivity index (χ3n) is 2.53. The fourth-order valence-electron chi connectivity index (χ4n) is 1.59. The number of benzene rings is 1. The minimum atomic E-state index is -1.06. The van der Waals surface area contributed by atoms with Crippen LogP contribution in [0.2, 0.25) is 5.15 Å². The SMILES string of the molecule is N[C@H](c1cc(Cl)ncn1)C(O)c1cccc(F)c1. The Bertz CT molecular complexity index is 503. The summed E-state index contributed by atoms with van der Waals surface area (Å²) >= 11 is 5.72. The maximum Gasteiger partial charge on any atom is 0.132 e. The maximum atomic E-state index is 13.1. The Kier molecular flexibility index (Phi) is 3.86. The predicted molar refractivity (Wildman–Crippen MR) is 65.3 cm³/mol. The van der Waals surface area contributed by atoms with Crippen molar-refractivity contribution in [3.05, 3.63) is 58.9 Å². The topological polar surface area (TPSA) is 72.0 Å². The van der Waals surface area contributed by atoms with Crippen molar-refractivity contribution in [3.8, 4) is 0 Å². The summed E-state index contributed by atoms with van der Waals surface area (Å²) in [4.78, 5) is 7.66. The first-order valence-corrected chi connectivity index (χ1v) is 5.62. The summed E-state index contributed by atoms with van der Waals surface area (Å²) in [5.41, 5.74) is 6.65. The van der Waals surface area contributed by atoms with Gasteiger partial charge in [-0.1, -0.05) is 23.7 Å². The molecule has 4 nitrogen and oxygen atoms in total. The molecule has 2 rings (SSSR count). The molecule has 0 aliphatic heterocycles. The number of rotatable bonds is 3. The van der Waals surface area contributed by atoms with E-state index in [9.17, 15) is 9.50 Å². The van der Waals surface area contributed by atoms with Gasteiger partial charge >= 0.3 is 0 Å². The molecule has 1 unspecified atom stereocenters. The zero-order valence-corrected chi connectivity index (χ0v) is 10.0. The van der Waals surface area contributed by atoms with E-state index in [1.54, 1.807) is 6.07 Å². The van der Waals surface area contributed by atoms with Crippen LogP contribution >= 0.6 is 11.6 Å². The molecule has 0 fully saturated rings. The average molecular weight is 268 g/mol. The van der Waals surface area contributed by atoms with Crippen LogP contribution in [0, 0.1) is 5.82 Å². The molecule has 0 aliphatic rings. The van der Waals surface area contributed by atoms with Gasteiger partial charge in [-0.3, -0.25) is 0 Å². The van der Waals surface area contributed by atoms with E-state index in [1.807, 2.05) is 0 Å². The fourth-order valence-corrected chi connectivity index (χ4v) is 1.74. The molecule has 0 amide bonds. The Morgan fingerprint density at radius 3 is 2.72 bits per heavy atom. The molecule has 0 saturated heterocycles. The highest BCUT2D eigenvalue weighted by molar-refractivity contribution is 6.29. The molecule has 1 aromatic heterocycles. The lowest BCUT2D eigenvalue weighted by atomic mass is 10.0. The standard InChI is InChI=1S/C12H11ClFN3O/c13-10-5-9(16-6-17-10)11(15)12(18)7-2-1-3-8(14)4-7/h1-6,11-12,18H,15H2/t11-,12?/m1/s1. The van der Waals surface area contributed by atoms with Crippen molar-refractivity contribution in [2.45, 2.75) is 12.1 Å². The molecule has 2 aromatic rings. The third-order valence-corrected chi connectivity index (χ3v) is 2.73. The molecule has 0 aliphatic carbocycles. The van der Waals surface area contributed by atoms with E-state index in [-0.39, 0.29) is 5.15 Å². The first-order chi connectivity index (χ1) is 8.58. The number of hydrogen-bond acceptors (Lipinski definition) is 4. The van der Waals surface area contributed by atoms with Crippen molar-refractivity contribution in [2.24, 2.45) is 5.73 Å². The second-order valence-corrected chi connectivity index (χ2v) is 4.18. The minimum Gasteiger partial charge on any atom is -0.386 e. The van der Waals surface area contributed by atoms with Crippen LogP contribution in [0.25, 0.3) is 0 Å². The molecule has 18 heavy (non-hydrogen) atoms. The highest BCUT2D eigenvalue weighted by Crippen LogP contribution is 2.26. The number of aliphatic hydroxyl groups excluding tert-OH is 1. The van der Waals surface area contributed by atoms with E-state index in [4.69, 9.17) is 17.3 Å². The van der Waals surface area contributed by atoms with E-state index >= 15 is 0 Å². The molecular weight excluding hydrogens is 257 g/mol. The molecule has 1 aromatic carbocycles. The highest BCUT2D eigenvalue weighted by atomic mass is 35.5. The summed E-state index contributed by atoms with van der Waals surface area (Å²) in [6.45, 7) is 0. The lowest BCUT2D eigenvalue weighted by Crippen LogP contribution is -2.21. The maximum absolute atomic E-state index is 13.1. The predicted octanol–water partition coefficient (Wildman–Crippen LogP) is 2.00.